The SMILES string of the molecule is COc1ccc(CC[C@]2(C)NC(=O)N(CC(=O)c3ccc(-c4ccccc4)cc3)C2=O)cc1. The number of imide groups is 1. The first-order chi connectivity index (χ1) is 15.9. The minimum atomic E-state index is -1.05. The van der Waals surface area contributed by atoms with Crippen molar-refractivity contribution in [2.75, 3.05) is 13.7 Å². The molecule has 1 atom stereocenters. The number of carbonyl (C=O) groups excluding carboxylic acids is 3. The Morgan fingerprint density at radius 1 is 0.909 bits per heavy atom. The summed E-state index contributed by atoms with van der Waals surface area (Å²) >= 11 is 0. The number of hydrogen-bond acceptors (Lipinski definition) is 4. The molecule has 6 nitrogen and oxygen atoms in total. The van der Waals surface area contributed by atoms with E-state index < -0.39 is 11.6 Å². The summed E-state index contributed by atoms with van der Waals surface area (Å²) < 4.78 is 5.16. The zero-order chi connectivity index (χ0) is 23.4. The Balaban J connectivity index is 1.40. The molecule has 168 valence electrons. The number of ether oxygens (including phenoxy) is 1. The highest BCUT2D eigenvalue weighted by atomic mass is 16.5. The van der Waals surface area contributed by atoms with E-state index in [0.717, 1.165) is 27.3 Å². The molecule has 0 spiro atoms. The molecule has 6 heteroatoms. The van der Waals surface area contributed by atoms with Crippen LogP contribution >= 0.6 is 0 Å². The number of urea groups is 1. The molecule has 0 aliphatic carbocycles. The van der Waals surface area contributed by atoms with Crippen LogP contribution in [0.2, 0.25) is 0 Å². The number of nitrogens with one attached hydrogen (secondary N) is 1. The number of carbonyl (C=O) groups is 3. The Morgan fingerprint density at radius 3 is 2.18 bits per heavy atom. The first kappa shape index (κ1) is 22.3. The molecule has 1 aliphatic rings. The molecule has 3 amide bonds. The molecule has 1 fully saturated rings. The molecule has 1 saturated heterocycles. The highest BCUT2D eigenvalue weighted by Crippen LogP contribution is 2.25. The molecule has 1 N–H and O–H groups in total. The maximum atomic E-state index is 13.0. The van der Waals surface area contributed by atoms with Crippen LogP contribution in [0, 0.1) is 0 Å². The lowest BCUT2D eigenvalue weighted by Gasteiger charge is -2.21. The van der Waals surface area contributed by atoms with Crippen molar-refractivity contribution in [2.45, 2.75) is 25.3 Å². The zero-order valence-corrected chi connectivity index (χ0v) is 18.7. The highest BCUT2D eigenvalue weighted by Gasteiger charge is 2.47. The van der Waals surface area contributed by atoms with E-state index in [1.807, 2.05) is 66.7 Å². The molecule has 33 heavy (non-hydrogen) atoms. The Bertz CT molecular complexity index is 1160. The lowest BCUT2D eigenvalue weighted by atomic mass is 9.93. The Kier molecular flexibility index (Phi) is 6.27. The van der Waals surface area contributed by atoms with Gasteiger partial charge in [0.25, 0.3) is 5.91 Å². The number of ketones is 1. The van der Waals surface area contributed by atoms with Crippen molar-refractivity contribution >= 4 is 17.7 Å². The van der Waals surface area contributed by atoms with Gasteiger partial charge in [-0.05, 0) is 48.6 Å². The molecule has 0 unspecified atom stereocenters. The maximum Gasteiger partial charge on any atom is 0.325 e. The Labute approximate surface area is 193 Å². The van der Waals surface area contributed by atoms with Gasteiger partial charge in [0.1, 0.15) is 11.3 Å². The van der Waals surface area contributed by atoms with Crippen LogP contribution in [0.25, 0.3) is 11.1 Å². The van der Waals surface area contributed by atoms with Gasteiger partial charge in [-0.3, -0.25) is 14.5 Å². The Hall–Kier alpha value is -3.93. The molecule has 1 heterocycles. The van der Waals surface area contributed by atoms with Gasteiger partial charge in [0.15, 0.2) is 5.78 Å². The van der Waals surface area contributed by atoms with E-state index in [0.29, 0.717) is 18.4 Å². The van der Waals surface area contributed by atoms with E-state index in [1.165, 1.54) is 0 Å². The molecule has 4 rings (SSSR count). The second-order valence-electron chi connectivity index (χ2n) is 8.37. The van der Waals surface area contributed by atoms with Gasteiger partial charge in [-0.1, -0.05) is 66.7 Å². The normalized spacial score (nSPS) is 17.7. The second kappa shape index (κ2) is 9.28. The fourth-order valence-corrected chi connectivity index (χ4v) is 3.96. The van der Waals surface area contributed by atoms with Crippen LogP contribution < -0.4 is 10.1 Å². The standard InChI is InChI=1S/C27H26N2O4/c1-27(17-16-19-8-14-23(33-2)15-9-19)25(31)29(26(32)28-27)18-24(30)22-12-10-21(11-13-22)20-6-4-3-5-7-20/h3-15H,16-18H2,1-2H3,(H,28,32)/t27-/m0/s1. The van der Waals surface area contributed by atoms with E-state index in [1.54, 1.807) is 26.2 Å². The summed E-state index contributed by atoms with van der Waals surface area (Å²) in [5.74, 6) is 0.101. The summed E-state index contributed by atoms with van der Waals surface area (Å²) in [6, 6.07) is 24.1. The lowest BCUT2D eigenvalue weighted by molar-refractivity contribution is -0.130. The van der Waals surface area contributed by atoms with Crippen LogP contribution in [0.3, 0.4) is 0 Å². The fourth-order valence-electron chi connectivity index (χ4n) is 3.96. The van der Waals surface area contributed by atoms with Crippen molar-refractivity contribution in [2.24, 2.45) is 0 Å². The molecule has 0 radical (unpaired) electrons. The van der Waals surface area contributed by atoms with Crippen molar-refractivity contribution in [3.8, 4) is 16.9 Å². The minimum absolute atomic E-state index is 0.280. The number of Topliss-reactive ketones (excluding diaryl/α,β-unsaturated/α-hetero) is 1. The van der Waals surface area contributed by atoms with Gasteiger partial charge >= 0.3 is 6.03 Å². The summed E-state index contributed by atoms with van der Waals surface area (Å²) in [5.41, 5.74) is 2.50. The van der Waals surface area contributed by atoms with Crippen LogP contribution in [-0.4, -0.2) is 41.8 Å². The summed E-state index contributed by atoms with van der Waals surface area (Å²) in [6.07, 6.45) is 1.04. The van der Waals surface area contributed by atoms with E-state index in [2.05, 4.69) is 5.32 Å². The van der Waals surface area contributed by atoms with Gasteiger partial charge in [0.2, 0.25) is 0 Å². The third-order valence-electron chi connectivity index (χ3n) is 6.03. The molecule has 3 aromatic rings. The molecule has 1 aliphatic heterocycles. The van der Waals surface area contributed by atoms with Crippen molar-refractivity contribution < 1.29 is 19.1 Å². The van der Waals surface area contributed by atoms with Crippen molar-refractivity contribution in [3.63, 3.8) is 0 Å². The van der Waals surface area contributed by atoms with Gasteiger partial charge in [-0.15, -0.1) is 0 Å². The number of rotatable bonds is 8. The highest BCUT2D eigenvalue weighted by molar-refractivity contribution is 6.11. The van der Waals surface area contributed by atoms with Gasteiger partial charge in [0, 0.05) is 5.56 Å². The van der Waals surface area contributed by atoms with E-state index in [4.69, 9.17) is 4.74 Å². The third-order valence-corrected chi connectivity index (χ3v) is 6.03. The Morgan fingerprint density at radius 2 is 1.55 bits per heavy atom. The molecular weight excluding hydrogens is 416 g/mol. The third kappa shape index (κ3) is 4.80. The smallest absolute Gasteiger partial charge is 0.325 e. The van der Waals surface area contributed by atoms with Gasteiger partial charge < -0.3 is 10.1 Å². The summed E-state index contributed by atoms with van der Waals surface area (Å²) in [4.78, 5) is 39.4. The first-order valence-electron chi connectivity index (χ1n) is 10.9. The van der Waals surface area contributed by atoms with Crippen molar-refractivity contribution in [3.05, 3.63) is 90.0 Å². The van der Waals surface area contributed by atoms with E-state index >= 15 is 0 Å². The predicted molar refractivity (Wildman–Crippen MR) is 126 cm³/mol. The van der Waals surface area contributed by atoms with Crippen LogP contribution in [0.15, 0.2) is 78.9 Å². The van der Waals surface area contributed by atoms with Crippen LogP contribution in [0.4, 0.5) is 4.79 Å². The van der Waals surface area contributed by atoms with Crippen molar-refractivity contribution in [1.29, 1.82) is 0 Å². The van der Waals surface area contributed by atoms with Crippen LogP contribution in [0.1, 0.15) is 29.3 Å². The number of aryl methyl sites for hydroxylation is 1. The predicted octanol–water partition coefficient (Wildman–Crippen LogP) is 4.49. The number of methoxy groups -OCH3 is 1. The lowest BCUT2D eigenvalue weighted by Crippen LogP contribution is -2.44. The van der Waals surface area contributed by atoms with E-state index in [9.17, 15) is 14.4 Å². The number of benzene rings is 3. The number of amides is 3. The first-order valence-corrected chi connectivity index (χ1v) is 10.9. The van der Waals surface area contributed by atoms with Crippen LogP contribution in [0.5, 0.6) is 5.75 Å². The quantitative estimate of drug-likeness (QED) is 0.412. The fraction of sp³-hybridized carbons (Fsp3) is 0.222. The van der Waals surface area contributed by atoms with Gasteiger partial charge in [-0.25, -0.2) is 4.79 Å². The minimum Gasteiger partial charge on any atom is -0.497 e. The summed E-state index contributed by atoms with van der Waals surface area (Å²) in [7, 11) is 1.61. The summed E-state index contributed by atoms with van der Waals surface area (Å²) in [6.45, 7) is 1.42. The molecule has 0 saturated carbocycles. The topological polar surface area (TPSA) is 75.7 Å². The second-order valence-corrected chi connectivity index (χ2v) is 8.37. The summed E-state index contributed by atoms with van der Waals surface area (Å²) in [5, 5.41) is 2.77. The van der Waals surface area contributed by atoms with Crippen molar-refractivity contribution in [1.82, 2.24) is 10.2 Å². The van der Waals surface area contributed by atoms with E-state index in [-0.39, 0.29) is 18.2 Å². The van der Waals surface area contributed by atoms with Gasteiger partial charge in [0.05, 0.1) is 13.7 Å². The largest absolute Gasteiger partial charge is 0.497 e. The van der Waals surface area contributed by atoms with Gasteiger partial charge in [-0.2, -0.15) is 0 Å². The monoisotopic (exact) mass is 442 g/mol. The number of nitrogens with zero attached hydrogens (tertiary/aromatic N) is 1. The number of hydrogen-bond donors (Lipinski definition) is 1. The zero-order valence-electron chi connectivity index (χ0n) is 18.7. The molecule has 0 bridgehead atoms. The van der Waals surface area contributed by atoms with Crippen LogP contribution in [-0.2, 0) is 11.2 Å². The average Bonchev–Trinajstić information content (AvgIpc) is 3.07. The molecular formula is C27H26N2O4. The molecule has 0 aromatic heterocycles. The molecule has 3 aromatic carbocycles. The maximum absolute atomic E-state index is 13.0. The average molecular weight is 443 g/mol.